The van der Waals surface area contributed by atoms with Gasteiger partial charge in [-0.15, -0.1) is 0 Å². The van der Waals surface area contributed by atoms with Crippen molar-refractivity contribution in [3.63, 3.8) is 0 Å². The predicted octanol–water partition coefficient (Wildman–Crippen LogP) is 2.89. The number of anilines is 1. The molecule has 0 aliphatic rings. The molecule has 0 unspecified atom stereocenters. The first-order chi connectivity index (χ1) is 9.94. The SMILES string of the molecule is CCS(=O)(=O)c1ccccc1C(=O)Nc1ccc(Br)cn1. The number of carbonyl (C=O) groups is 1. The first kappa shape index (κ1) is 15.7. The first-order valence-corrected chi connectivity index (χ1v) is 8.63. The van der Waals surface area contributed by atoms with Crippen molar-refractivity contribution in [1.29, 1.82) is 0 Å². The maximum Gasteiger partial charge on any atom is 0.258 e. The minimum absolute atomic E-state index is 0.0297. The average molecular weight is 369 g/mol. The summed E-state index contributed by atoms with van der Waals surface area (Å²) >= 11 is 3.25. The number of carbonyl (C=O) groups excluding carboxylic acids is 1. The van der Waals surface area contributed by atoms with E-state index in [1.165, 1.54) is 12.1 Å². The van der Waals surface area contributed by atoms with E-state index < -0.39 is 15.7 Å². The summed E-state index contributed by atoms with van der Waals surface area (Å²) in [6.45, 7) is 1.54. The molecule has 0 saturated carbocycles. The van der Waals surface area contributed by atoms with E-state index in [0.29, 0.717) is 5.82 Å². The molecular weight excluding hydrogens is 356 g/mol. The fourth-order valence-corrected chi connectivity index (χ4v) is 3.04. The van der Waals surface area contributed by atoms with Gasteiger partial charge in [0.05, 0.1) is 16.2 Å². The zero-order valence-electron chi connectivity index (χ0n) is 11.2. The monoisotopic (exact) mass is 368 g/mol. The van der Waals surface area contributed by atoms with E-state index in [4.69, 9.17) is 0 Å². The van der Waals surface area contributed by atoms with Gasteiger partial charge in [0.1, 0.15) is 5.82 Å². The lowest BCUT2D eigenvalue weighted by atomic mass is 10.2. The van der Waals surface area contributed by atoms with E-state index in [0.717, 1.165) is 4.47 Å². The Balaban J connectivity index is 2.34. The van der Waals surface area contributed by atoms with Crippen molar-refractivity contribution in [1.82, 2.24) is 4.98 Å². The summed E-state index contributed by atoms with van der Waals surface area (Å²) in [5, 5.41) is 2.59. The van der Waals surface area contributed by atoms with E-state index >= 15 is 0 Å². The third-order valence-corrected chi connectivity index (χ3v) is 5.07. The third-order valence-electron chi connectivity index (χ3n) is 2.82. The normalized spacial score (nSPS) is 11.1. The molecule has 2 aromatic rings. The summed E-state index contributed by atoms with van der Waals surface area (Å²) in [5.41, 5.74) is 0.115. The Kier molecular flexibility index (Phi) is 4.74. The maximum absolute atomic E-state index is 12.3. The molecule has 0 atom stereocenters. The second-order valence-electron chi connectivity index (χ2n) is 4.22. The van der Waals surface area contributed by atoms with Gasteiger partial charge in [-0.2, -0.15) is 0 Å². The van der Waals surface area contributed by atoms with Gasteiger partial charge in [-0.25, -0.2) is 13.4 Å². The fraction of sp³-hybridized carbons (Fsp3) is 0.143. The number of rotatable bonds is 4. The number of sulfone groups is 1. The number of nitrogens with one attached hydrogen (secondary N) is 1. The summed E-state index contributed by atoms with van der Waals surface area (Å²) in [6.07, 6.45) is 1.55. The van der Waals surface area contributed by atoms with Crippen LogP contribution in [0.25, 0.3) is 0 Å². The van der Waals surface area contributed by atoms with Crippen LogP contribution in [0.2, 0.25) is 0 Å². The molecule has 1 aromatic heterocycles. The van der Waals surface area contributed by atoms with Crippen molar-refractivity contribution in [2.24, 2.45) is 0 Å². The summed E-state index contributed by atoms with van der Waals surface area (Å²) in [7, 11) is -3.46. The van der Waals surface area contributed by atoms with Crippen molar-refractivity contribution >= 4 is 37.5 Å². The lowest BCUT2D eigenvalue weighted by Gasteiger charge is -2.09. The van der Waals surface area contributed by atoms with Gasteiger partial charge >= 0.3 is 0 Å². The Hall–Kier alpha value is -1.73. The minimum atomic E-state index is -3.46. The smallest absolute Gasteiger partial charge is 0.258 e. The van der Waals surface area contributed by atoms with Crippen LogP contribution in [-0.2, 0) is 9.84 Å². The Morgan fingerprint density at radius 3 is 2.57 bits per heavy atom. The van der Waals surface area contributed by atoms with E-state index in [-0.39, 0.29) is 16.2 Å². The number of hydrogen-bond donors (Lipinski definition) is 1. The zero-order valence-corrected chi connectivity index (χ0v) is 13.6. The molecule has 0 aliphatic heterocycles. The van der Waals surface area contributed by atoms with Gasteiger partial charge in [0.25, 0.3) is 5.91 Å². The van der Waals surface area contributed by atoms with Gasteiger partial charge < -0.3 is 5.32 Å². The van der Waals surface area contributed by atoms with Crippen LogP contribution in [0.15, 0.2) is 52.0 Å². The molecule has 2 rings (SSSR count). The van der Waals surface area contributed by atoms with Crippen LogP contribution in [0.3, 0.4) is 0 Å². The van der Waals surface area contributed by atoms with Gasteiger partial charge in [0.2, 0.25) is 0 Å². The molecular formula is C14H13BrN2O3S. The van der Waals surface area contributed by atoms with E-state index in [1.807, 2.05) is 0 Å². The first-order valence-electron chi connectivity index (χ1n) is 6.18. The molecule has 1 amide bonds. The molecule has 21 heavy (non-hydrogen) atoms. The van der Waals surface area contributed by atoms with Crippen LogP contribution in [0.4, 0.5) is 5.82 Å². The second kappa shape index (κ2) is 6.36. The van der Waals surface area contributed by atoms with Crippen molar-refractivity contribution in [3.05, 3.63) is 52.6 Å². The number of amides is 1. The zero-order chi connectivity index (χ0) is 15.5. The van der Waals surface area contributed by atoms with Gasteiger partial charge in [-0.3, -0.25) is 4.79 Å². The molecule has 1 heterocycles. The standard InChI is InChI=1S/C14H13BrN2O3S/c1-2-21(19,20)12-6-4-3-5-11(12)14(18)17-13-8-7-10(15)9-16-13/h3-9H,2H2,1H3,(H,16,17,18). The van der Waals surface area contributed by atoms with Gasteiger partial charge in [0, 0.05) is 10.7 Å². The number of hydrogen-bond acceptors (Lipinski definition) is 4. The van der Waals surface area contributed by atoms with Gasteiger partial charge in [-0.1, -0.05) is 19.1 Å². The molecule has 0 radical (unpaired) electrons. The van der Waals surface area contributed by atoms with Crippen molar-refractivity contribution in [2.45, 2.75) is 11.8 Å². The summed E-state index contributed by atoms with van der Waals surface area (Å²) < 4.78 is 24.8. The van der Waals surface area contributed by atoms with Crippen molar-refractivity contribution < 1.29 is 13.2 Å². The molecule has 0 spiro atoms. The number of aromatic nitrogens is 1. The molecule has 1 aromatic carbocycles. The second-order valence-corrected chi connectivity index (χ2v) is 7.38. The Labute approximate surface area is 131 Å². The highest BCUT2D eigenvalue weighted by Gasteiger charge is 2.20. The lowest BCUT2D eigenvalue weighted by Crippen LogP contribution is -2.17. The highest BCUT2D eigenvalue weighted by atomic mass is 79.9. The fourth-order valence-electron chi connectivity index (χ4n) is 1.71. The maximum atomic E-state index is 12.3. The number of nitrogens with zero attached hydrogens (tertiary/aromatic N) is 1. The van der Waals surface area contributed by atoms with Gasteiger partial charge in [0.15, 0.2) is 9.84 Å². The highest BCUT2D eigenvalue weighted by molar-refractivity contribution is 9.10. The number of pyridine rings is 1. The van der Waals surface area contributed by atoms with Crippen LogP contribution >= 0.6 is 15.9 Å². The van der Waals surface area contributed by atoms with Gasteiger partial charge in [-0.05, 0) is 40.2 Å². The van der Waals surface area contributed by atoms with Crippen LogP contribution in [0.1, 0.15) is 17.3 Å². The lowest BCUT2D eigenvalue weighted by molar-refractivity contribution is 0.102. The Morgan fingerprint density at radius 2 is 1.95 bits per heavy atom. The van der Waals surface area contributed by atoms with E-state index in [9.17, 15) is 13.2 Å². The van der Waals surface area contributed by atoms with Crippen molar-refractivity contribution in [3.8, 4) is 0 Å². The summed E-state index contributed by atoms with van der Waals surface area (Å²) in [6, 6.07) is 9.49. The summed E-state index contributed by atoms with van der Waals surface area (Å²) in [5.74, 6) is -0.210. The van der Waals surface area contributed by atoms with Crippen LogP contribution in [-0.4, -0.2) is 25.1 Å². The number of benzene rings is 1. The largest absolute Gasteiger partial charge is 0.307 e. The molecule has 0 saturated heterocycles. The highest BCUT2D eigenvalue weighted by Crippen LogP contribution is 2.18. The van der Waals surface area contributed by atoms with Crippen LogP contribution in [0, 0.1) is 0 Å². The Morgan fingerprint density at radius 1 is 1.24 bits per heavy atom. The predicted molar refractivity (Wildman–Crippen MR) is 84.1 cm³/mol. The molecule has 0 fully saturated rings. The quantitative estimate of drug-likeness (QED) is 0.899. The molecule has 0 aliphatic carbocycles. The molecule has 5 nitrogen and oxygen atoms in total. The van der Waals surface area contributed by atoms with Crippen LogP contribution < -0.4 is 5.32 Å². The molecule has 1 N–H and O–H groups in total. The Bertz CT molecular complexity index is 758. The van der Waals surface area contributed by atoms with E-state index in [2.05, 4.69) is 26.2 Å². The molecule has 7 heteroatoms. The average Bonchev–Trinajstić information content (AvgIpc) is 2.49. The van der Waals surface area contributed by atoms with E-state index in [1.54, 1.807) is 37.4 Å². The van der Waals surface area contributed by atoms with Crippen LogP contribution in [0.5, 0.6) is 0 Å². The molecule has 110 valence electrons. The topological polar surface area (TPSA) is 76.1 Å². The molecule has 0 bridgehead atoms. The minimum Gasteiger partial charge on any atom is -0.307 e. The number of halogens is 1. The summed E-state index contributed by atoms with van der Waals surface area (Å²) in [4.78, 5) is 16.3. The third kappa shape index (κ3) is 3.68. The van der Waals surface area contributed by atoms with Crippen molar-refractivity contribution in [2.75, 3.05) is 11.1 Å².